The van der Waals surface area contributed by atoms with E-state index in [-0.39, 0.29) is 5.56 Å². The molecule has 112 valence electrons. The molecule has 2 nitrogen and oxygen atoms in total. The van der Waals surface area contributed by atoms with Gasteiger partial charge in [-0.15, -0.1) is 0 Å². The molecule has 0 saturated carbocycles. The summed E-state index contributed by atoms with van der Waals surface area (Å²) in [6.07, 6.45) is 0. The third-order valence-electron chi connectivity index (χ3n) is 3.45. The maximum Gasteiger partial charge on any atom is 0.194 e. The Balaban J connectivity index is 2.50. The summed E-state index contributed by atoms with van der Waals surface area (Å²) in [5, 5.41) is 0. The van der Waals surface area contributed by atoms with E-state index < -0.39 is 23.5 Å². The van der Waals surface area contributed by atoms with Gasteiger partial charge in [0.25, 0.3) is 0 Å². The van der Waals surface area contributed by atoms with Gasteiger partial charge in [0.15, 0.2) is 17.5 Å². The van der Waals surface area contributed by atoms with E-state index in [1.807, 2.05) is 13.8 Å². The molecular weight excluding hydrogens is 279 g/mol. The Morgan fingerprint density at radius 1 is 1.00 bits per heavy atom. The molecule has 0 heterocycles. The molecule has 0 aliphatic heterocycles. The van der Waals surface area contributed by atoms with E-state index >= 15 is 0 Å². The molecule has 2 aromatic carbocycles. The fraction of sp³-hybridized carbons (Fsp3) is 0.250. The van der Waals surface area contributed by atoms with E-state index in [2.05, 4.69) is 0 Å². The van der Waals surface area contributed by atoms with E-state index in [1.165, 1.54) is 0 Å². The Hall–Kier alpha value is -2.01. The molecule has 0 aliphatic rings. The third kappa shape index (κ3) is 2.74. The van der Waals surface area contributed by atoms with Gasteiger partial charge in [0, 0.05) is 5.56 Å². The lowest BCUT2D eigenvalue weighted by molar-refractivity contribution is 0.408. The summed E-state index contributed by atoms with van der Waals surface area (Å²) >= 11 is 0. The van der Waals surface area contributed by atoms with Crippen LogP contribution in [0.1, 0.15) is 28.3 Å². The molecule has 0 amide bonds. The van der Waals surface area contributed by atoms with Crippen LogP contribution in [-0.2, 0) is 0 Å². The van der Waals surface area contributed by atoms with Crippen LogP contribution >= 0.6 is 0 Å². The van der Waals surface area contributed by atoms with Gasteiger partial charge >= 0.3 is 0 Å². The summed E-state index contributed by atoms with van der Waals surface area (Å²) in [6, 6.07) is 4.64. The second-order valence-corrected chi connectivity index (χ2v) is 4.93. The molecular formula is C16H16F3NO. The van der Waals surface area contributed by atoms with E-state index in [9.17, 15) is 13.2 Å². The largest absolute Gasteiger partial charge is 0.496 e. The number of halogens is 3. The van der Waals surface area contributed by atoms with Crippen LogP contribution in [0.2, 0.25) is 0 Å². The highest BCUT2D eigenvalue weighted by Gasteiger charge is 2.20. The predicted octanol–water partition coefficient (Wildman–Crippen LogP) is 3.78. The zero-order chi connectivity index (χ0) is 15.7. The summed E-state index contributed by atoms with van der Waals surface area (Å²) in [7, 11) is 1.56. The molecule has 0 saturated heterocycles. The Morgan fingerprint density at radius 2 is 1.57 bits per heavy atom. The van der Waals surface area contributed by atoms with Gasteiger partial charge in [-0.1, -0.05) is 18.2 Å². The van der Waals surface area contributed by atoms with E-state index in [4.69, 9.17) is 10.5 Å². The van der Waals surface area contributed by atoms with Crippen molar-refractivity contribution in [3.8, 4) is 5.75 Å². The molecule has 5 heteroatoms. The van der Waals surface area contributed by atoms with Crippen molar-refractivity contribution >= 4 is 0 Å². The molecule has 1 unspecified atom stereocenters. The highest BCUT2D eigenvalue weighted by atomic mass is 19.2. The van der Waals surface area contributed by atoms with Gasteiger partial charge in [0.05, 0.1) is 13.2 Å². The number of hydrogen-bond acceptors (Lipinski definition) is 2. The maximum absolute atomic E-state index is 13.8. The zero-order valence-corrected chi connectivity index (χ0v) is 12.0. The summed E-state index contributed by atoms with van der Waals surface area (Å²) in [4.78, 5) is 0. The number of nitrogens with two attached hydrogens (primary N) is 1. The van der Waals surface area contributed by atoms with Gasteiger partial charge < -0.3 is 10.5 Å². The van der Waals surface area contributed by atoms with Gasteiger partial charge in [0.2, 0.25) is 0 Å². The van der Waals surface area contributed by atoms with Gasteiger partial charge in [-0.2, -0.15) is 0 Å². The molecule has 0 fully saturated rings. The predicted molar refractivity (Wildman–Crippen MR) is 74.8 cm³/mol. The van der Waals surface area contributed by atoms with Crippen molar-refractivity contribution in [2.24, 2.45) is 5.73 Å². The van der Waals surface area contributed by atoms with Gasteiger partial charge in [-0.3, -0.25) is 0 Å². The Morgan fingerprint density at radius 3 is 2.10 bits per heavy atom. The number of rotatable bonds is 3. The van der Waals surface area contributed by atoms with E-state index in [0.29, 0.717) is 5.56 Å². The van der Waals surface area contributed by atoms with E-state index in [1.54, 1.807) is 19.2 Å². The van der Waals surface area contributed by atoms with Crippen molar-refractivity contribution in [1.82, 2.24) is 0 Å². The van der Waals surface area contributed by atoms with Crippen LogP contribution < -0.4 is 10.5 Å². The van der Waals surface area contributed by atoms with Crippen molar-refractivity contribution in [3.63, 3.8) is 0 Å². The van der Waals surface area contributed by atoms with Gasteiger partial charge in [-0.25, -0.2) is 13.2 Å². The topological polar surface area (TPSA) is 35.2 Å². The molecule has 2 N–H and O–H groups in total. The smallest absolute Gasteiger partial charge is 0.194 e. The average Bonchev–Trinajstić information content (AvgIpc) is 2.44. The molecule has 21 heavy (non-hydrogen) atoms. The molecule has 2 rings (SSSR count). The quantitative estimate of drug-likeness (QED) is 0.875. The van der Waals surface area contributed by atoms with Crippen molar-refractivity contribution in [2.75, 3.05) is 7.11 Å². The summed E-state index contributed by atoms with van der Waals surface area (Å²) < 4.78 is 45.4. The minimum absolute atomic E-state index is 0.0853. The van der Waals surface area contributed by atoms with Crippen LogP contribution in [0.15, 0.2) is 24.3 Å². The lowest BCUT2D eigenvalue weighted by atomic mass is 9.95. The van der Waals surface area contributed by atoms with Crippen molar-refractivity contribution in [2.45, 2.75) is 19.9 Å². The molecule has 2 aromatic rings. The number of aryl methyl sites for hydroxylation is 2. The highest BCUT2D eigenvalue weighted by Crippen LogP contribution is 2.30. The zero-order valence-electron chi connectivity index (χ0n) is 12.0. The fourth-order valence-electron chi connectivity index (χ4n) is 2.45. The number of benzene rings is 2. The summed E-state index contributed by atoms with van der Waals surface area (Å²) in [6.45, 7) is 3.67. The molecule has 0 spiro atoms. The summed E-state index contributed by atoms with van der Waals surface area (Å²) in [5.74, 6) is -3.28. The van der Waals surface area contributed by atoms with Crippen molar-refractivity contribution < 1.29 is 17.9 Å². The second-order valence-electron chi connectivity index (χ2n) is 4.93. The standard InChI is InChI=1S/C16H16F3NO/c1-8-6-10(7-9(2)16(8)21-3)15(20)11-4-5-12(17)14(19)13(11)18/h4-7,15H,20H2,1-3H3. The number of ether oxygens (including phenoxy) is 1. The lowest BCUT2D eigenvalue weighted by Crippen LogP contribution is -2.15. The minimum atomic E-state index is -1.51. The Kier molecular flexibility index (Phi) is 4.23. The SMILES string of the molecule is COc1c(C)cc(C(N)c2ccc(F)c(F)c2F)cc1C. The Bertz CT molecular complexity index is 662. The molecule has 0 bridgehead atoms. The first-order chi connectivity index (χ1) is 9.86. The van der Waals surface area contributed by atoms with Crippen molar-refractivity contribution in [3.05, 3.63) is 64.0 Å². The van der Waals surface area contributed by atoms with Gasteiger partial charge in [-0.05, 0) is 36.6 Å². The number of methoxy groups -OCH3 is 1. The first-order valence-corrected chi connectivity index (χ1v) is 6.41. The lowest BCUT2D eigenvalue weighted by Gasteiger charge is -2.17. The highest BCUT2D eigenvalue weighted by molar-refractivity contribution is 5.46. The normalized spacial score (nSPS) is 12.3. The first kappa shape index (κ1) is 15.4. The monoisotopic (exact) mass is 295 g/mol. The van der Waals surface area contributed by atoms with Gasteiger partial charge in [0.1, 0.15) is 5.75 Å². The van der Waals surface area contributed by atoms with Crippen LogP contribution in [0.25, 0.3) is 0 Å². The van der Waals surface area contributed by atoms with E-state index in [0.717, 1.165) is 29.0 Å². The van der Waals surface area contributed by atoms with Crippen LogP contribution in [-0.4, -0.2) is 7.11 Å². The average molecular weight is 295 g/mol. The molecule has 1 atom stereocenters. The maximum atomic E-state index is 13.8. The molecule has 0 radical (unpaired) electrons. The minimum Gasteiger partial charge on any atom is -0.496 e. The third-order valence-corrected chi connectivity index (χ3v) is 3.45. The van der Waals surface area contributed by atoms with Crippen LogP contribution in [0.3, 0.4) is 0 Å². The molecule has 0 aliphatic carbocycles. The Labute approximate surface area is 121 Å². The van der Waals surface area contributed by atoms with Crippen LogP contribution in [0, 0.1) is 31.3 Å². The molecule has 0 aromatic heterocycles. The van der Waals surface area contributed by atoms with Crippen LogP contribution in [0.5, 0.6) is 5.75 Å². The summed E-state index contributed by atoms with van der Waals surface area (Å²) in [5.41, 5.74) is 8.19. The number of hydrogen-bond donors (Lipinski definition) is 1. The van der Waals surface area contributed by atoms with Crippen molar-refractivity contribution in [1.29, 1.82) is 0 Å². The second kappa shape index (κ2) is 5.77. The van der Waals surface area contributed by atoms with Crippen LogP contribution in [0.4, 0.5) is 13.2 Å². The first-order valence-electron chi connectivity index (χ1n) is 6.41. The fourth-order valence-corrected chi connectivity index (χ4v) is 2.45.